The Morgan fingerprint density at radius 2 is 2.20 bits per heavy atom. The highest BCUT2D eigenvalue weighted by Gasteiger charge is 2.07. The first-order valence-electron chi connectivity index (χ1n) is 7.26. The molecule has 0 amide bonds. The van der Waals surface area contributed by atoms with Gasteiger partial charge in [-0.15, -0.1) is 11.3 Å². The van der Waals surface area contributed by atoms with Crippen LogP contribution >= 0.6 is 11.3 Å². The van der Waals surface area contributed by atoms with Crippen molar-refractivity contribution < 1.29 is 0 Å². The highest BCUT2D eigenvalue weighted by atomic mass is 32.1. The van der Waals surface area contributed by atoms with E-state index >= 15 is 0 Å². The Morgan fingerprint density at radius 3 is 2.75 bits per heavy atom. The summed E-state index contributed by atoms with van der Waals surface area (Å²) >= 11 is 1.87. The van der Waals surface area contributed by atoms with Crippen LogP contribution in [0.15, 0.2) is 17.1 Å². The van der Waals surface area contributed by atoms with Crippen molar-refractivity contribution in [3.63, 3.8) is 0 Å². The minimum Gasteiger partial charge on any atom is -0.355 e. The summed E-state index contributed by atoms with van der Waals surface area (Å²) in [7, 11) is 3.94. The van der Waals surface area contributed by atoms with Crippen molar-refractivity contribution in [3.8, 4) is 0 Å². The second-order valence-electron chi connectivity index (χ2n) is 5.16. The topological polar surface area (TPSA) is 39.7 Å². The predicted octanol–water partition coefficient (Wildman–Crippen LogP) is 2.10. The molecule has 0 aliphatic rings. The third-order valence-electron chi connectivity index (χ3n) is 3.24. The fourth-order valence-corrected chi connectivity index (χ4v) is 2.92. The van der Waals surface area contributed by atoms with Crippen LogP contribution in [0.4, 0.5) is 0 Å². The van der Waals surface area contributed by atoms with Gasteiger partial charge in [-0.1, -0.05) is 6.92 Å². The van der Waals surface area contributed by atoms with Crippen LogP contribution in [0.2, 0.25) is 0 Å². The van der Waals surface area contributed by atoms with Gasteiger partial charge in [-0.2, -0.15) is 0 Å². The molecule has 1 atom stereocenters. The van der Waals surface area contributed by atoms with Crippen LogP contribution < -0.4 is 10.6 Å². The van der Waals surface area contributed by atoms with Crippen LogP contribution in [-0.2, 0) is 6.42 Å². The fraction of sp³-hybridized carbons (Fsp3) is 0.667. The summed E-state index contributed by atoms with van der Waals surface area (Å²) in [5, 5.41) is 6.80. The Hall–Kier alpha value is -1.07. The highest BCUT2D eigenvalue weighted by Crippen LogP contribution is 2.16. The molecule has 114 valence electrons. The number of thiophene rings is 1. The molecule has 0 fully saturated rings. The maximum Gasteiger partial charge on any atom is 0.191 e. The lowest BCUT2D eigenvalue weighted by Gasteiger charge is -2.19. The van der Waals surface area contributed by atoms with Crippen LogP contribution in [0.5, 0.6) is 0 Å². The number of hydrogen-bond acceptors (Lipinski definition) is 3. The monoisotopic (exact) mass is 296 g/mol. The smallest absolute Gasteiger partial charge is 0.191 e. The second-order valence-corrected chi connectivity index (χ2v) is 6.53. The third kappa shape index (κ3) is 6.39. The molecule has 0 bridgehead atoms. The van der Waals surface area contributed by atoms with E-state index in [9.17, 15) is 0 Å². The molecule has 1 aromatic rings. The zero-order valence-electron chi connectivity index (χ0n) is 13.4. The molecule has 2 N–H and O–H groups in total. The molecule has 1 rings (SSSR count). The Kier molecular flexibility index (Phi) is 7.62. The minimum atomic E-state index is 0.378. The van der Waals surface area contributed by atoms with Gasteiger partial charge in [-0.05, 0) is 39.6 Å². The molecule has 0 radical (unpaired) electrons. The quantitative estimate of drug-likeness (QED) is 0.598. The maximum absolute atomic E-state index is 4.28. The molecule has 0 aromatic carbocycles. The number of nitrogens with one attached hydrogen (secondary N) is 2. The van der Waals surface area contributed by atoms with Crippen LogP contribution in [0.3, 0.4) is 0 Å². The molecule has 20 heavy (non-hydrogen) atoms. The van der Waals surface area contributed by atoms with Gasteiger partial charge in [0.05, 0.1) is 0 Å². The predicted molar refractivity (Wildman–Crippen MR) is 89.9 cm³/mol. The van der Waals surface area contributed by atoms with Gasteiger partial charge in [0.1, 0.15) is 0 Å². The van der Waals surface area contributed by atoms with E-state index in [2.05, 4.69) is 60.5 Å². The van der Waals surface area contributed by atoms with Gasteiger partial charge in [-0.25, -0.2) is 0 Å². The molecule has 0 spiro atoms. The summed E-state index contributed by atoms with van der Waals surface area (Å²) < 4.78 is 0. The molecule has 5 heteroatoms. The average molecular weight is 296 g/mol. The highest BCUT2D eigenvalue weighted by molar-refractivity contribution is 7.11. The second kappa shape index (κ2) is 8.97. The zero-order chi connectivity index (χ0) is 15.0. The Morgan fingerprint density at radius 1 is 1.45 bits per heavy atom. The molecule has 1 aromatic heterocycles. The third-order valence-corrected chi connectivity index (χ3v) is 4.26. The van der Waals surface area contributed by atoms with Crippen molar-refractivity contribution in [2.75, 3.05) is 33.7 Å². The van der Waals surface area contributed by atoms with Crippen LogP contribution in [0, 0.1) is 6.92 Å². The number of aliphatic imine (C=N–C) groups is 1. The number of hydrogen-bond donors (Lipinski definition) is 2. The van der Waals surface area contributed by atoms with Crippen LogP contribution in [-0.4, -0.2) is 50.6 Å². The fourth-order valence-electron chi connectivity index (χ4n) is 1.90. The molecule has 1 unspecified atom stereocenters. The lowest BCUT2D eigenvalue weighted by Crippen LogP contribution is -2.45. The first-order valence-corrected chi connectivity index (χ1v) is 8.07. The molecular weight excluding hydrogens is 268 g/mol. The molecule has 0 aliphatic carbocycles. The van der Waals surface area contributed by atoms with Crippen molar-refractivity contribution in [1.29, 1.82) is 0 Å². The van der Waals surface area contributed by atoms with Gasteiger partial charge in [0.2, 0.25) is 0 Å². The number of aryl methyl sites for hydroxylation is 1. The van der Waals surface area contributed by atoms with E-state index < -0.39 is 0 Å². The average Bonchev–Trinajstić information content (AvgIpc) is 2.82. The van der Waals surface area contributed by atoms with E-state index in [1.165, 1.54) is 9.75 Å². The Labute approximate surface area is 127 Å². The Bertz CT molecular complexity index is 414. The first kappa shape index (κ1) is 17.0. The van der Waals surface area contributed by atoms with Crippen molar-refractivity contribution in [3.05, 3.63) is 21.9 Å². The first-order chi connectivity index (χ1) is 9.55. The van der Waals surface area contributed by atoms with Gasteiger partial charge in [0.15, 0.2) is 5.96 Å². The lowest BCUT2D eigenvalue weighted by molar-refractivity contribution is 0.357. The molecule has 4 nitrogen and oxygen atoms in total. The van der Waals surface area contributed by atoms with Gasteiger partial charge < -0.3 is 15.5 Å². The summed E-state index contributed by atoms with van der Waals surface area (Å²) in [4.78, 5) is 9.35. The molecular formula is C15H28N4S. The van der Waals surface area contributed by atoms with E-state index in [0.717, 1.165) is 32.0 Å². The minimum absolute atomic E-state index is 0.378. The maximum atomic E-state index is 4.28. The van der Waals surface area contributed by atoms with E-state index in [-0.39, 0.29) is 0 Å². The van der Waals surface area contributed by atoms with Crippen LogP contribution in [0.25, 0.3) is 0 Å². The molecule has 0 saturated carbocycles. The van der Waals surface area contributed by atoms with E-state index in [0.29, 0.717) is 6.04 Å². The summed E-state index contributed by atoms with van der Waals surface area (Å²) in [6.45, 7) is 9.52. The lowest BCUT2D eigenvalue weighted by atomic mass is 10.2. The number of guanidine groups is 1. The van der Waals surface area contributed by atoms with Crippen molar-refractivity contribution >= 4 is 17.3 Å². The van der Waals surface area contributed by atoms with E-state index in [1.807, 2.05) is 18.4 Å². The van der Waals surface area contributed by atoms with E-state index in [4.69, 9.17) is 0 Å². The van der Waals surface area contributed by atoms with Gasteiger partial charge in [-0.3, -0.25) is 4.99 Å². The molecule has 0 saturated heterocycles. The standard InChI is InChI=1S/C15H28N4S/c1-6-19(5)10-9-17-15(16-4)18-12(2)11-14-8-7-13(3)20-14/h7-8,12H,6,9-11H2,1-5H3,(H2,16,17,18). The largest absolute Gasteiger partial charge is 0.355 e. The Balaban J connectivity index is 2.32. The molecule has 1 heterocycles. The van der Waals surface area contributed by atoms with Gasteiger partial charge >= 0.3 is 0 Å². The normalized spacial score (nSPS) is 13.6. The van der Waals surface area contributed by atoms with Gasteiger partial charge in [0.25, 0.3) is 0 Å². The molecule has 0 aliphatic heterocycles. The summed E-state index contributed by atoms with van der Waals surface area (Å²) in [6, 6.07) is 4.77. The number of nitrogens with zero attached hydrogens (tertiary/aromatic N) is 2. The number of likely N-dealkylation sites (N-methyl/N-ethyl adjacent to an activating group) is 1. The van der Waals surface area contributed by atoms with Crippen LogP contribution in [0.1, 0.15) is 23.6 Å². The summed E-state index contributed by atoms with van der Waals surface area (Å²) in [6.07, 6.45) is 1.04. The summed E-state index contributed by atoms with van der Waals surface area (Å²) in [5.41, 5.74) is 0. The van der Waals surface area contributed by atoms with Gasteiger partial charge in [0, 0.05) is 42.4 Å². The van der Waals surface area contributed by atoms with Crippen molar-refractivity contribution in [2.24, 2.45) is 4.99 Å². The van der Waals surface area contributed by atoms with E-state index in [1.54, 1.807) is 0 Å². The van der Waals surface area contributed by atoms with Crippen molar-refractivity contribution in [1.82, 2.24) is 15.5 Å². The number of rotatable bonds is 7. The van der Waals surface area contributed by atoms with Crippen molar-refractivity contribution in [2.45, 2.75) is 33.2 Å². The zero-order valence-corrected chi connectivity index (χ0v) is 14.2. The SMILES string of the molecule is CCN(C)CCNC(=NC)NC(C)Cc1ccc(C)s1. The summed E-state index contributed by atoms with van der Waals surface area (Å²) in [5.74, 6) is 0.885.